The van der Waals surface area contributed by atoms with Gasteiger partial charge in [0.05, 0.1) is 11.2 Å². The van der Waals surface area contributed by atoms with Crippen LogP contribution in [0.2, 0.25) is 0 Å². The Balaban J connectivity index is 1.76. The highest BCUT2D eigenvalue weighted by molar-refractivity contribution is 5.84. The second-order valence-electron chi connectivity index (χ2n) is 9.39. The molecule has 0 atom stereocenters. The molecule has 0 aliphatic carbocycles. The summed E-state index contributed by atoms with van der Waals surface area (Å²) in [6.45, 7) is 19.8. The SMILES string of the molecule is CCCN1CCN(C(=O)CCc2c(C)nc3c(c(C)nn3C(C)(C)C)c2C)CC1. The molecular formula is C23H37N5O. The summed E-state index contributed by atoms with van der Waals surface area (Å²) in [6.07, 6.45) is 2.47. The van der Waals surface area contributed by atoms with Crippen LogP contribution < -0.4 is 0 Å². The molecule has 0 N–H and O–H groups in total. The second-order valence-corrected chi connectivity index (χ2v) is 9.39. The topological polar surface area (TPSA) is 54.3 Å². The third-order valence-corrected chi connectivity index (χ3v) is 6.06. The van der Waals surface area contributed by atoms with Crippen LogP contribution >= 0.6 is 0 Å². The number of aryl methyl sites for hydroxylation is 3. The molecule has 160 valence electrons. The van der Waals surface area contributed by atoms with Crippen molar-refractivity contribution in [3.05, 3.63) is 22.5 Å². The summed E-state index contributed by atoms with van der Waals surface area (Å²) >= 11 is 0. The van der Waals surface area contributed by atoms with Crippen LogP contribution in [0.15, 0.2) is 0 Å². The van der Waals surface area contributed by atoms with Crippen molar-refractivity contribution in [1.29, 1.82) is 0 Å². The molecule has 0 aromatic carbocycles. The number of hydrogen-bond acceptors (Lipinski definition) is 4. The molecule has 1 aliphatic heterocycles. The number of rotatable bonds is 5. The van der Waals surface area contributed by atoms with Crippen molar-refractivity contribution in [2.24, 2.45) is 0 Å². The molecule has 1 saturated heterocycles. The lowest BCUT2D eigenvalue weighted by Crippen LogP contribution is -2.48. The first-order chi connectivity index (χ1) is 13.6. The monoisotopic (exact) mass is 399 g/mol. The Labute approximate surface area is 175 Å². The minimum Gasteiger partial charge on any atom is -0.340 e. The van der Waals surface area contributed by atoms with Crippen LogP contribution in [0.3, 0.4) is 0 Å². The highest BCUT2D eigenvalue weighted by Crippen LogP contribution is 2.29. The molecule has 0 spiro atoms. The van der Waals surface area contributed by atoms with Gasteiger partial charge >= 0.3 is 0 Å². The van der Waals surface area contributed by atoms with E-state index in [0.29, 0.717) is 6.42 Å². The Morgan fingerprint density at radius 1 is 1.03 bits per heavy atom. The number of nitrogens with zero attached hydrogens (tertiary/aromatic N) is 5. The smallest absolute Gasteiger partial charge is 0.222 e. The minimum absolute atomic E-state index is 0.115. The van der Waals surface area contributed by atoms with Crippen molar-refractivity contribution in [3.8, 4) is 0 Å². The third-order valence-electron chi connectivity index (χ3n) is 6.06. The predicted octanol–water partition coefficient (Wildman–Crippen LogP) is 3.60. The molecule has 2 aromatic rings. The van der Waals surface area contributed by atoms with Crippen molar-refractivity contribution >= 4 is 16.9 Å². The molecule has 0 radical (unpaired) electrons. The largest absolute Gasteiger partial charge is 0.340 e. The van der Waals surface area contributed by atoms with E-state index >= 15 is 0 Å². The van der Waals surface area contributed by atoms with E-state index in [1.165, 1.54) is 17.5 Å². The van der Waals surface area contributed by atoms with Gasteiger partial charge in [0.1, 0.15) is 0 Å². The van der Waals surface area contributed by atoms with Crippen LogP contribution in [-0.2, 0) is 16.8 Å². The van der Waals surface area contributed by atoms with Crippen LogP contribution in [0, 0.1) is 20.8 Å². The van der Waals surface area contributed by atoms with Gasteiger partial charge in [-0.2, -0.15) is 5.10 Å². The highest BCUT2D eigenvalue weighted by Gasteiger charge is 2.24. The van der Waals surface area contributed by atoms with E-state index in [1.807, 2.05) is 9.58 Å². The van der Waals surface area contributed by atoms with Crippen molar-refractivity contribution in [3.63, 3.8) is 0 Å². The summed E-state index contributed by atoms with van der Waals surface area (Å²) in [4.78, 5) is 22.2. The van der Waals surface area contributed by atoms with E-state index in [4.69, 9.17) is 10.1 Å². The number of amides is 1. The maximum atomic E-state index is 12.8. The highest BCUT2D eigenvalue weighted by atomic mass is 16.2. The van der Waals surface area contributed by atoms with E-state index in [1.54, 1.807) is 0 Å². The van der Waals surface area contributed by atoms with Crippen molar-refractivity contribution in [2.75, 3.05) is 32.7 Å². The van der Waals surface area contributed by atoms with Gasteiger partial charge < -0.3 is 4.90 Å². The van der Waals surface area contributed by atoms with Gasteiger partial charge in [0.25, 0.3) is 0 Å². The average molecular weight is 400 g/mol. The molecule has 1 aliphatic rings. The van der Waals surface area contributed by atoms with E-state index in [0.717, 1.165) is 61.6 Å². The summed E-state index contributed by atoms with van der Waals surface area (Å²) in [5.74, 6) is 0.266. The van der Waals surface area contributed by atoms with Gasteiger partial charge in [0, 0.05) is 43.7 Å². The molecule has 3 heterocycles. The molecule has 0 bridgehead atoms. The number of fused-ring (bicyclic) bond motifs is 1. The van der Waals surface area contributed by atoms with E-state index in [2.05, 4.69) is 53.4 Å². The fourth-order valence-corrected chi connectivity index (χ4v) is 4.47. The van der Waals surface area contributed by atoms with Crippen molar-refractivity contribution in [2.45, 2.75) is 73.3 Å². The molecule has 1 amide bonds. The minimum atomic E-state index is -0.115. The zero-order chi connectivity index (χ0) is 21.3. The lowest BCUT2D eigenvalue weighted by Gasteiger charge is -2.34. The Kier molecular flexibility index (Phi) is 6.32. The van der Waals surface area contributed by atoms with Gasteiger partial charge in [-0.05, 0) is 72.1 Å². The molecule has 6 heteroatoms. The maximum absolute atomic E-state index is 12.8. The van der Waals surface area contributed by atoms with Gasteiger partial charge in [0.2, 0.25) is 5.91 Å². The van der Waals surface area contributed by atoms with Crippen LogP contribution in [0.4, 0.5) is 0 Å². The number of hydrogen-bond donors (Lipinski definition) is 0. The normalized spacial score (nSPS) is 16.0. The molecule has 2 aromatic heterocycles. The maximum Gasteiger partial charge on any atom is 0.222 e. The number of piperazine rings is 1. The average Bonchev–Trinajstić information content (AvgIpc) is 2.99. The number of carbonyl (C=O) groups is 1. The van der Waals surface area contributed by atoms with Crippen LogP contribution in [0.1, 0.15) is 63.1 Å². The van der Waals surface area contributed by atoms with Gasteiger partial charge in [-0.3, -0.25) is 9.69 Å². The number of aromatic nitrogens is 3. The zero-order valence-electron chi connectivity index (χ0n) is 19.3. The molecule has 29 heavy (non-hydrogen) atoms. The first kappa shape index (κ1) is 21.8. The van der Waals surface area contributed by atoms with Crippen molar-refractivity contribution < 1.29 is 4.79 Å². The molecule has 0 unspecified atom stereocenters. The molecular weight excluding hydrogens is 362 g/mol. The summed E-state index contributed by atoms with van der Waals surface area (Å²) in [5, 5.41) is 5.91. The quantitative estimate of drug-likeness (QED) is 0.771. The third kappa shape index (κ3) is 4.47. The molecule has 3 rings (SSSR count). The Morgan fingerprint density at radius 2 is 1.69 bits per heavy atom. The molecule has 6 nitrogen and oxygen atoms in total. The van der Waals surface area contributed by atoms with Crippen LogP contribution in [-0.4, -0.2) is 63.2 Å². The van der Waals surface area contributed by atoms with Gasteiger partial charge in [-0.1, -0.05) is 6.92 Å². The zero-order valence-corrected chi connectivity index (χ0v) is 19.3. The van der Waals surface area contributed by atoms with Crippen LogP contribution in [0.25, 0.3) is 11.0 Å². The van der Waals surface area contributed by atoms with E-state index in [9.17, 15) is 4.79 Å². The second kappa shape index (κ2) is 8.42. The van der Waals surface area contributed by atoms with E-state index in [-0.39, 0.29) is 11.4 Å². The Bertz CT molecular complexity index is 885. The fraction of sp³-hybridized carbons (Fsp3) is 0.696. The first-order valence-corrected chi connectivity index (χ1v) is 11.0. The summed E-state index contributed by atoms with van der Waals surface area (Å²) in [6, 6.07) is 0. The van der Waals surface area contributed by atoms with Gasteiger partial charge in [-0.15, -0.1) is 0 Å². The summed E-state index contributed by atoms with van der Waals surface area (Å²) in [5.41, 5.74) is 5.29. The first-order valence-electron chi connectivity index (χ1n) is 11.0. The predicted molar refractivity (Wildman–Crippen MR) is 118 cm³/mol. The van der Waals surface area contributed by atoms with E-state index < -0.39 is 0 Å². The number of pyridine rings is 1. The Morgan fingerprint density at radius 3 is 2.28 bits per heavy atom. The lowest BCUT2D eigenvalue weighted by molar-refractivity contribution is -0.132. The molecule has 0 saturated carbocycles. The molecule has 1 fully saturated rings. The van der Waals surface area contributed by atoms with Crippen LogP contribution in [0.5, 0.6) is 0 Å². The number of carbonyl (C=O) groups excluding carboxylic acids is 1. The lowest BCUT2D eigenvalue weighted by atomic mass is 9.98. The van der Waals surface area contributed by atoms with Gasteiger partial charge in [-0.25, -0.2) is 9.67 Å². The Hall–Kier alpha value is -1.95. The van der Waals surface area contributed by atoms with Crippen molar-refractivity contribution in [1.82, 2.24) is 24.6 Å². The summed E-state index contributed by atoms with van der Waals surface area (Å²) in [7, 11) is 0. The fourth-order valence-electron chi connectivity index (χ4n) is 4.47. The standard InChI is InChI=1S/C23H37N5O/c1-8-11-26-12-14-27(15-13-26)20(29)10-9-19-16(2)21-18(4)25-28(23(5,6)7)22(21)24-17(19)3/h8-15H2,1-7H3. The summed E-state index contributed by atoms with van der Waals surface area (Å²) < 4.78 is 2.03. The van der Waals surface area contributed by atoms with Gasteiger partial charge in [0.15, 0.2) is 5.65 Å².